The zero-order valence-corrected chi connectivity index (χ0v) is 9.19. The van der Waals surface area contributed by atoms with Gasteiger partial charge in [-0.05, 0) is 11.6 Å². The number of carbonyl (C=O) groups is 1. The van der Waals surface area contributed by atoms with E-state index in [2.05, 4.69) is 10.1 Å². The molecule has 0 atom stereocenters. The Bertz CT molecular complexity index is 396. The van der Waals surface area contributed by atoms with Crippen LogP contribution in [0.25, 0.3) is 0 Å². The van der Waals surface area contributed by atoms with Crippen LogP contribution < -0.4 is 5.32 Å². The third-order valence-electron chi connectivity index (χ3n) is 2.15. The van der Waals surface area contributed by atoms with E-state index in [0.717, 1.165) is 5.56 Å². The summed E-state index contributed by atoms with van der Waals surface area (Å²) in [6.45, 7) is 1.18. The molecule has 0 unspecified atom stereocenters. The molecular weight excluding hydrogens is 204 g/mol. The molecule has 0 saturated carbocycles. The molecule has 0 amide bonds. The minimum absolute atomic E-state index is 0.335. The summed E-state index contributed by atoms with van der Waals surface area (Å²) in [4.78, 5) is 11.4. The minimum Gasteiger partial charge on any atom is -0.465 e. The average Bonchev–Trinajstić information content (AvgIpc) is 2.34. The normalized spacial score (nSPS) is 9.50. The van der Waals surface area contributed by atoms with Crippen molar-refractivity contribution in [2.75, 3.05) is 13.7 Å². The highest BCUT2D eigenvalue weighted by Crippen LogP contribution is 2.09. The first-order valence-electron chi connectivity index (χ1n) is 5.03. The second-order valence-electron chi connectivity index (χ2n) is 3.23. The molecule has 4 heteroatoms. The number of nitriles is 1. The standard InChI is InChI=1S/C12H14N2O2/c1-16-12(15)11-6-3-2-5-10(11)9-14-8-4-7-13/h2-3,5-6,14H,4,8-9H2,1H3. The summed E-state index contributed by atoms with van der Waals surface area (Å²) in [7, 11) is 1.36. The van der Waals surface area contributed by atoms with E-state index in [-0.39, 0.29) is 5.97 Å². The van der Waals surface area contributed by atoms with Gasteiger partial charge in [0.05, 0.1) is 18.7 Å². The molecule has 0 spiro atoms. The van der Waals surface area contributed by atoms with E-state index in [9.17, 15) is 4.79 Å². The van der Waals surface area contributed by atoms with Gasteiger partial charge in [-0.2, -0.15) is 5.26 Å². The summed E-state index contributed by atoms with van der Waals surface area (Å²) in [5.41, 5.74) is 1.45. The number of benzene rings is 1. The van der Waals surface area contributed by atoms with Crippen molar-refractivity contribution in [2.24, 2.45) is 0 Å². The first kappa shape index (κ1) is 12.2. The Kier molecular flexibility index (Phi) is 5.03. The molecule has 0 fully saturated rings. The van der Waals surface area contributed by atoms with E-state index in [4.69, 9.17) is 5.26 Å². The van der Waals surface area contributed by atoms with Crippen LogP contribution in [0.3, 0.4) is 0 Å². The Morgan fingerprint density at radius 3 is 2.94 bits per heavy atom. The number of rotatable bonds is 5. The topological polar surface area (TPSA) is 62.1 Å². The van der Waals surface area contributed by atoms with Gasteiger partial charge in [0, 0.05) is 19.5 Å². The number of nitrogens with one attached hydrogen (secondary N) is 1. The van der Waals surface area contributed by atoms with Crippen molar-refractivity contribution < 1.29 is 9.53 Å². The lowest BCUT2D eigenvalue weighted by molar-refractivity contribution is 0.0599. The van der Waals surface area contributed by atoms with Crippen molar-refractivity contribution in [1.82, 2.24) is 5.32 Å². The first-order valence-corrected chi connectivity index (χ1v) is 5.03. The Hall–Kier alpha value is -1.86. The second kappa shape index (κ2) is 6.59. The van der Waals surface area contributed by atoms with Gasteiger partial charge in [0.15, 0.2) is 0 Å². The van der Waals surface area contributed by atoms with Crippen LogP contribution in [0.2, 0.25) is 0 Å². The lowest BCUT2D eigenvalue weighted by Crippen LogP contribution is -2.17. The maximum Gasteiger partial charge on any atom is 0.338 e. The summed E-state index contributed by atoms with van der Waals surface area (Å²) in [6, 6.07) is 9.31. The van der Waals surface area contributed by atoms with Crippen molar-refractivity contribution in [3.8, 4) is 6.07 Å². The van der Waals surface area contributed by atoms with Gasteiger partial charge >= 0.3 is 5.97 Å². The van der Waals surface area contributed by atoms with Crippen LogP contribution in [0, 0.1) is 11.3 Å². The quantitative estimate of drug-likeness (QED) is 0.600. The van der Waals surface area contributed by atoms with Crippen LogP contribution in [-0.2, 0) is 11.3 Å². The Morgan fingerprint density at radius 1 is 1.50 bits per heavy atom. The third-order valence-corrected chi connectivity index (χ3v) is 2.15. The molecule has 0 radical (unpaired) electrons. The molecule has 0 bridgehead atoms. The highest BCUT2D eigenvalue weighted by Gasteiger charge is 2.09. The zero-order valence-electron chi connectivity index (χ0n) is 9.19. The number of hydrogen-bond acceptors (Lipinski definition) is 4. The van der Waals surface area contributed by atoms with Crippen molar-refractivity contribution in [2.45, 2.75) is 13.0 Å². The number of nitrogens with zero attached hydrogens (tertiary/aromatic N) is 1. The summed E-state index contributed by atoms with van der Waals surface area (Å²) in [6.07, 6.45) is 0.459. The predicted octanol–water partition coefficient (Wildman–Crippen LogP) is 1.48. The maximum absolute atomic E-state index is 11.4. The van der Waals surface area contributed by atoms with Crippen LogP contribution in [0.15, 0.2) is 24.3 Å². The minimum atomic E-state index is -0.335. The number of hydrogen-bond donors (Lipinski definition) is 1. The highest BCUT2D eigenvalue weighted by atomic mass is 16.5. The van der Waals surface area contributed by atoms with Gasteiger partial charge in [-0.25, -0.2) is 4.79 Å². The molecule has 0 aliphatic rings. The fourth-order valence-electron chi connectivity index (χ4n) is 1.35. The van der Waals surface area contributed by atoms with Gasteiger partial charge in [-0.1, -0.05) is 18.2 Å². The summed E-state index contributed by atoms with van der Waals surface area (Å²) in [5, 5.41) is 11.5. The largest absolute Gasteiger partial charge is 0.465 e. The molecule has 0 saturated heterocycles. The molecule has 0 aliphatic heterocycles. The molecule has 16 heavy (non-hydrogen) atoms. The number of ether oxygens (including phenoxy) is 1. The summed E-state index contributed by atoms with van der Waals surface area (Å²) >= 11 is 0. The average molecular weight is 218 g/mol. The fourth-order valence-corrected chi connectivity index (χ4v) is 1.35. The van der Waals surface area contributed by atoms with Gasteiger partial charge in [-0.3, -0.25) is 0 Å². The van der Waals surface area contributed by atoms with Crippen molar-refractivity contribution in [3.05, 3.63) is 35.4 Å². The van der Waals surface area contributed by atoms with Gasteiger partial charge in [0.2, 0.25) is 0 Å². The maximum atomic E-state index is 11.4. The van der Waals surface area contributed by atoms with Gasteiger partial charge in [0.25, 0.3) is 0 Å². The Labute approximate surface area is 94.8 Å². The summed E-state index contributed by atoms with van der Waals surface area (Å²) < 4.78 is 4.69. The molecule has 0 heterocycles. The van der Waals surface area contributed by atoms with Crippen LogP contribution in [-0.4, -0.2) is 19.6 Å². The van der Waals surface area contributed by atoms with Crippen LogP contribution in [0.4, 0.5) is 0 Å². The monoisotopic (exact) mass is 218 g/mol. The lowest BCUT2D eigenvalue weighted by Gasteiger charge is -2.07. The van der Waals surface area contributed by atoms with E-state index in [1.807, 2.05) is 18.2 Å². The van der Waals surface area contributed by atoms with Crippen LogP contribution in [0.5, 0.6) is 0 Å². The van der Waals surface area contributed by atoms with Crippen molar-refractivity contribution in [3.63, 3.8) is 0 Å². The molecule has 0 aromatic heterocycles. The molecule has 1 aromatic rings. The van der Waals surface area contributed by atoms with Gasteiger partial charge in [0.1, 0.15) is 0 Å². The zero-order chi connectivity index (χ0) is 11.8. The highest BCUT2D eigenvalue weighted by molar-refractivity contribution is 5.90. The fraction of sp³-hybridized carbons (Fsp3) is 0.333. The molecule has 1 aromatic carbocycles. The molecule has 4 nitrogen and oxygen atoms in total. The number of esters is 1. The van der Waals surface area contributed by atoms with Gasteiger partial charge < -0.3 is 10.1 Å². The van der Waals surface area contributed by atoms with E-state index in [1.165, 1.54) is 7.11 Å². The van der Waals surface area contributed by atoms with Crippen molar-refractivity contribution >= 4 is 5.97 Å². The van der Waals surface area contributed by atoms with Gasteiger partial charge in [-0.15, -0.1) is 0 Å². The molecule has 84 valence electrons. The molecule has 0 aliphatic carbocycles. The first-order chi connectivity index (χ1) is 7.79. The Balaban J connectivity index is 2.65. The van der Waals surface area contributed by atoms with Crippen LogP contribution >= 0.6 is 0 Å². The third kappa shape index (κ3) is 3.37. The summed E-state index contributed by atoms with van der Waals surface area (Å²) in [5.74, 6) is -0.335. The van der Waals surface area contributed by atoms with E-state index < -0.39 is 0 Å². The van der Waals surface area contributed by atoms with E-state index in [1.54, 1.807) is 12.1 Å². The SMILES string of the molecule is COC(=O)c1ccccc1CNCCC#N. The number of carbonyl (C=O) groups excluding carboxylic acids is 1. The second-order valence-corrected chi connectivity index (χ2v) is 3.23. The van der Waals surface area contributed by atoms with Crippen LogP contribution in [0.1, 0.15) is 22.3 Å². The molecule has 1 N–H and O–H groups in total. The molecule has 1 rings (SSSR count). The predicted molar refractivity (Wildman–Crippen MR) is 59.7 cm³/mol. The lowest BCUT2D eigenvalue weighted by atomic mass is 10.1. The number of methoxy groups -OCH3 is 1. The van der Waals surface area contributed by atoms with Crippen molar-refractivity contribution in [1.29, 1.82) is 5.26 Å². The Morgan fingerprint density at radius 2 is 2.25 bits per heavy atom. The van der Waals surface area contributed by atoms with E-state index in [0.29, 0.717) is 25.1 Å². The molecular formula is C12H14N2O2. The smallest absolute Gasteiger partial charge is 0.338 e. The van der Waals surface area contributed by atoms with E-state index >= 15 is 0 Å².